The fraction of sp³-hybridized carbons (Fsp3) is 0.200. The third-order valence-corrected chi connectivity index (χ3v) is 3.85. The molecule has 0 unspecified atom stereocenters. The highest BCUT2D eigenvalue weighted by Gasteiger charge is 2.17. The van der Waals surface area contributed by atoms with Crippen LogP contribution in [-0.4, -0.2) is 38.9 Å². The third-order valence-electron chi connectivity index (χ3n) is 2.02. The third kappa shape index (κ3) is 2.34. The zero-order chi connectivity index (χ0) is 12.3. The predicted octanol–water partition coefficient (Wildman–Crippen LogP) is 0.319. The van der Waals surface area contributed by atoms with E-state index >= 15 is 0 Å². The maximum atomic E-state index is 11.7. The Hall–Kier alpha value is -1.53. The fourth-order valence-corrected chi connectivity index (χ4v) is 1.97. The number of hydrogen-bond donors (Lipinski definition) is 0. The van der Waals surface area contributed by atoms with E-state index < -0.39 is 15.8 Å². The SMILES string of the molecule is CN(C)S(=O)(=O)c1ccc(C(=O)C=O)cc1. The van der Waals surface area contributed by atoms with E-state index in [-0.39, 0.29) is 16.7 Å². The van der Waals surface area contributed by atoms with Crippen molar-refractivity contribution in [1.82, 2.24) is 4.31 Å². The molecule has 1 aromatic rings. The van der Waals surface area contributed by atoms with Gasteiger partial charge in [-0.1, -0.05) is 0 Å². The first kappa shape index (κ1) is 12.5. The van der Waals surface area contributed by atoms with Crippen molar-refractivity contribution < 1.29 is 18.0 Å². The number of nitrogens with zero attached hydrogens (tertiary/aromatic N) is 1. The van der Waals surface area contributed by atoms with Gasteiger partial charge in [0.15, 0.2) is 6.29 Å². The van der Waals surface area contributed by atoms with Gasteiger partial charge < -0.3 is 0 Å². The summed E-state index contributed by atoms with van der Waals surface area (Å²) in [5.41, 5.74) is 0.174. The first-order chi connectivity index (χ1) is 7.39. The van der Waals surface area contributed by atoms with Gasteiger partial charge in [0.2, 0.25) is 15.8 Å². The molecule has 0 amide bonds. The molecule has 0 aromatic heterocycles. The number of ketones is 1. The van der Waals surface area contributed by atoms with E-state index in [0.29, 0.717) is 0 Å². The summed E-state index contributed by atoms with van der Waals surface area (Å²) in [5, 5.41) is 0. The molecule has 0 aliphatic heterocycles. The zero-order valence-electron chi connectivity index (χ0n) is 8.88. The van der Waals surface area contributed by atoms with Crippen molar-refractivity contribution in [3.05, 3.63) is 29.8 Å². The Kier molecular flexibility index (Phi) is 3.56. The van der Waals surface area contributed by atoms with Crippen LogP contribution in [0.25, 0.3) is 0 Å². The van der Waals surface area contributed by atoms with Crippen LogP contribution in [-0.2, 0) is 14.8 Å². The lowest BCUT2D eigenvalue weighted by Gasteiger charge is -2.10. The second-order valence-corrected chi connectivity index (χ2v) is 5.45. The highest BCUT2D eigenvalue weighted by Crippen LogP contribution is 2.13. The van der Waals surface area contributed by atoms with Gasteiger partial charge in [-0.05, 0) is 24.3 Å². The van der Waals surface area contributed by atoms with Gasteiger partial charge in [0, 0.05) is 19.7 Å². The predicted molar refractivity (Wildman–Crippen MR) is 57.7 cm³/mol. The minimum Gasteiger partial charge on any atom is -0.294 e. The Morgan fingerprint density at radius 2 is 1.69 bits per heavy atom. The summed E-state index contributed by atoms with van der Waals surface area (Å²) in [6, 6.07) is 5.22. The van der Waals surface area contributed by atoms with Crippen molar-refractivity contribution >= 4 is 22.1 Å². The first-order valence-corrected chi connectivity index (χ1v) is 5.85. The normalized spacial score (nSPS) is 11.4. The Morgan fingerprint density at radius 1 is 1.19 bits per heavy atom. The topological polar surface area (TPSA) is 71.5 Å². The van der Waals surface area contributed by atoms with E-state index in [1.54, 1.807) is 0 Å². The molecule has 0 heterocycles. The van der Waals surface area contributed by atoms with Crippen LogP contribution in [0.3, 0.4) is 0 Å². The molecule has 0 bridgehead atoms. The van der Waals surface area contributed by atoms with Gasteiger partial charge in [-0.2, -0.15) is 0 Å². The van der Waals surface area contributed by atoms with Crippen LogP contribution in [0.2, 0.25) is 0 Å². The monoisotopic (exact) mass is 241 g/mol. The van der Waals surface area contributed by atoms with Crippen molar-refractivity contribution in [2.45, 2.75) is 4.90 Å². The smallest absolute Gasteiger partial charge is 0.242 e. The van der Waals surface area contributed by atoms with Crippen molar-refractivity contribution in [1.29, 1.82) is 0 Å². The second-order valence-electron chi connectivity index (χ2n) is 3.29. The lowest BCUT2D eigenvalue weighted by Crippen LogP contribution is -2.22. The van der Waals surface area contributed by atoms with Crippen LogP contribution in [0, 0.1) is 0 Å². The molecule has 1 rings (SSSR count). The quantitative estimate of drug-likeness (QED) is 0.432. The van der Waals surface area contributed by atoms with Gasteiger partial charge in [-0.3, -0.25) is 9.59 Å². The molecule has 0 N–H and O–H groups in total. The van der Waals surface area contributed by atoms with Crippen LogP contribution in [0.5, 0.6) is 0 Å². The number of Topliss-reactive ketones (excluding diaryl/α,β-unsaturated/α-hetero) is 1. The van der Waals surface area contributed by atoms with E-state index in [1.165, 1.54) is 38.4 Å². The van der Waals surface area contributed by atoms with Crippen LogP contribution < -0.4 is 0 Å². The summed E-state index contributed by atoms with van der Waals surface area (Å²) in [6.45, 7) is 0. The van der Waals surface area contributed by atoms with Gasteiger partial charge in [-0.25, -0.2) is 12.7 Å². The largest absolute Gasteiger partial charge is 0.294 e. The van der Waals surface area contributed by atoms with E-state index in [0.717, 1.165) is 4.31 Å². The number of benzene rings is 1. The Labute approximate surface area is 93.7 Å². The maximum absolute atomic E-state index is 11.7. The van der Waals surface area contributed by atoms with Crippen molar-refractivity contribution in [2.24, 2.45) is 0 Å². The molecule has 1 aromatic carbocycles. The molecule has 0 saturated carbocycles. The highest BCUT2D eigenvalue weighted by molar-refractivity contribution is 7.89. The Bertz CT molecular complexity index is 502. The van der Waals surface area contributed by atoms with Crippen LogP contribution in [0.15, 0.2) is 29.2 Å². The van der Waals surface area contributed by atoms with Gasteiger partial charge in [0.05, 0.1) is 4.90 Å². The average molecular weight is 241 g/mol. The molecule has 5 nitrogen and oxygen atoms in total. The lowest BCUT2D eigenvalue weighted by atomic mass is 10.1. The molecule has 0 aliphatic carbocycles. The second kappa shape index (κ2) is 4.54. The summed E-state index contributed by atoms with van der Waals surface area (Å²) in [7, 11) is -0.659. The summed E-state index contributed by atoms with van der Waals surface area (Å²) < 4.78 is 24.4. The number of hydrogen-bond acceptors (Lipinski definition) is 4. The van der Waals surface area contributed by atoms with Crippen LogP contribution in [0.4, 0.5) is 0 Å². The van der Waals surface area contributed by atoms with E-state index in [1.807, 2.05) is 0 Å². The molecule has 16 heavy (non-hydrogen) atoms. The molecular formula is C10H11NO4S. The van der Waals surface area contributed by atoms with Crippen molar-refractivity contribution in [3.8, 4) is 0 Å². The summed E-state index contributed by atoms with van der Waals surface area (Å²) in [6.07, 6.45) is 0.190. The zero-order valence-corrected chi connectivity index (χ0v) is 9.69. The minimum absolute atomic E-state index is 0.0833. The average Bonchev–Trinajstić information content (AvgIpc) is 2.28. The summed E-state index contributed by atoms with van der Waals surface area (Å²) in [4.78, 5) is 21.3. The minimum atomic E-state index is -3.49. The van der Waals surface area contributed by atoms with Crippen LogP contribution >= 0.6 is 0 Å². The lowest BCUT2D eigenvalue weighted by molar-refractivity contribution is -0.104. The molecule has 0 spiro atoms. The summed E-state index contributed by atoms with van der Waals surface area (Å²) >= 11 is 0. The van der Waals surface area contributed by atoms with E-state index in [2.05, 4.69) is 0 Å². The van der Waals surface area contributed by atoms with Crippen molar-refractivity contribution in [2.75, 3.05) is 14.1 Å². The highest BCUT2D eigenvalue weighted by atomic mass is 32.2. The number of rotatable bonds is 4. The molecular weight excluding hydrogens is 230 g/mol. The Balaban J connectivity index is 3.14. The number of sulfonamides is 1. The van der Waals surface area contributed by atoms with Gasteiger partial charge in [0.1, 0.15) is 0 Å². The van der Waals surface area contributed by atoms with Gasteiger partial charge >= 0.3 is 0 Å². The number of aldehydes is 1. The number of carbonyl (C=O) groups excluding carboxylic acids is 2. The molecule has 0 saturated heterocycles. The van der Waals surface area contributed by atoms with Crippen molar-refractivity contribution in [3.63, 3.8) is 0 Å². The molecule has 0 fully saturated rings. The maximum Gasteiger partial charge on any atom is 0.242 e. The fourth-order valence-electron chi connectivity index (χ4n) is 1.07. The summed E-state index contributed by atoms with van der Waals surface area (Å²) in [5.74, 6) is -0.672. The molecule has 0 atom stereocenters. The Morgan fingerprint density at radius 3 is 2.06 bits per heavy atom. The van der Waals surface area contributed by atoms with Crippen LogP contribution in [0.1, 0.15) is 10.4 Å². The number of carbonyl (C=O) groups is 2. The molecule has 0 aliphatic rings. The van der Waals surface area contributed by atoms with E-state index in [9.17, 15) is 18.0 Å². The standard InChI is InChI=1S/C10H11NO4S/c1-11(2)16(14,15)9-5-3-8(4-6-9)10(13)7-12/h3-7H,1-2H3. The molecule has 6 heteroatoms. The molecule has 86 valence electrons. The first-order valence-electron chi connectivity index (χ1n) is 4.41. The van der Waals surface area contributed by atoms with Gasteiger partial charge in [0.25, 0.3) is 0 Å². The molecule has 0 radical (unpaired) electrons. The van der Waals surface area contributed by atoms with Gasteiger partial charge in [-0.15, -0.1) is 0 Å². The van der Waals surface area contributed by atoms with E-state index in [4.69, 9.17) is 0 Å².